The van der Waals surface area contributed by atoms with Gasteiger partial charge in [-0.15, -0.1) is 0 Å². The van der Waals surface area contributed by atoms with Crippen molar-refractivity contribution in [2.75, 3.05) is 23.3 Å². The fourth-order valence-electron chi connectivity index (χ4n) is 4.64. The molecule has 0 aliphatic rings. The lowest BCUT2D eigenvalue weighted by Crippen LogP contribution is -2.40. The van der Waals surface area contributed by atoms with Gasteiger partial charge in [0.05, 0.1) is 29.6 Å². The van der Waals surface area contributed by atoms with Crippen molar-refractivity contribution in [1.82, 2.24) is 19.4 Å². The average molecular weight is 598 g/mol. The van der Waals surface area contributed by atoms with E-state index in [0.29, 0.717) is 35.7 Å². The maximum atomic E-state index is 13.5. The van der Waals surface area contributed by atoms with Crippen molar-refractivity contribution in [2.45, 2.75) is 45.6 Å². The van der Waals surface area contributed by atoms with Gasteiger partial charge < -0.3 is 30.4 Å². The molecule has 2 heterocycles. The molecule has 0 aliphatic carbocycles. The lowest BCUT2D eigenvalue weighted by molar-refractivity contribution is -0.260. The van der Waals surface area contributed by atoms with Gasteiger partial charge >= 0.3 is 0 Å². The van der Waals surface area contributed by atoms with Gasteiger partial charge in [-0.1, -0.05) is 32.3 Å². The zero-order valence-corrected chi connectivity index (χ0v) is 25.0. The highest BCUT2D eigenvalue weighted by Gasteiger charge is 2.21. The molecular formula is C32H37N8O4-. The highest BCUT2D eigenvalue weighted by Crippen LogP contribution is 2.22. The number of hydrogen-bond acceptors (Lipinski definition) is 8. The number of nitrogens with zero attached hydrogens (tertiary/aromatic N) is 6. The molecule has 0 radical (unpaired) electrons. The number of pyridine rings is 1. The van der Waals surface area contributed by atoms with E-state index in [4.69, 9.17) is 10.7 Å². The van der Waals surface area contributed by atoms with Crippen molar-refractivity contribution in [3.63, 3.8) is 0 Å². The van der Waals surface area contributed by atoms with E-state index in [2.05, 4.69) is 22.2 Å². The van der Waals surface area contributed by atoms with Crippen LogP contribution in [-0.2, 0) is 18.4 Å². The molecule has 0 unspecified atom stereocenters. The molecule has 2 aromatic carbocycles. The van der Waals surface area contributed by atoms with Crippen molar-refractivity contribution in [3.05, 3.63) is 78.2 Å². The standard InChI is InChI=1S/C32H38N8O4/c1-3-4-5-8-18-39(32(43)44)22-36-25-13-11-24(12-14-25)35-21-30-37-26-20-23(10-15-27(26)38(30)2)31(42)40(19-16-28(33)41)29-9-6-7-17-34-29/h6-7,9-15,17,20,22,35H,3-5,8,16,18-19,21H2,1-2H3,(H2,33,41)(H,43,44)/p-1. The molecular weight excluding hydrogens is 560 g/mol. The van der Waals surface area contributed by atoms with Gasteiger partial charge in [-0.2, -0.15) is 0 Å². The molecule has 230 valence electrons. The number of nitrogens with one attached hydrogen (secondary N) is 1. The first kappa shape index (κ1) is 31.7. The fourth-order valence-corrected chi connectivity index (χ4v) is 4.64. The van der Waals surface area contributed by atoms with E-state index in [1.54, 1.807) is 48.7 Å². The third kappa shape index (κ3) is 8.40. The second-order valence-electron chi connectivity index (χ2n) is 10.3. The minimum absolute atomic E-state index is 0.00861. The van der Waals surface area contributed by atoms with Crippen LogP contribution in [0.1, 0.15) is 55.2 Å². The number of carbonyl (C=O) groups is 3. The first-order valence-corrected chi connectivity index (χ1v) is 14.6. The summed E-state index contributed by atoms with van der Waals surface area (Å²) in [5.74, 6) is 0.378. The molecule has 12 nitrogen and oxygen atoms in total. The van der Waals surface area contributed by atoms with E-state index >= 15 is 0 Å². The maximum Gasteiger partial charge on any atom is 0.259 e. The lowest BCUT2D eigenvalue weighted by atomic mass is 10.1. The Kier molecular flexibility index (Phi) is 11.0. The van der Waals surface area contributed by atoms with Gasteiger partial charge in [0.1, 0.15) is 17.7 Å². The number of primary amides is 1. The van der Waals surface area contributed by atoms with Crippen molar-refractivity contribution < 1.29 is 19.5 Å². The first-order chi connectivity index (χ1) is 21.3. The van der Waals surface area contributed by atoms with E-state index in [1.165, 1.54) is 11.2 Å². The minimum Gasteiger partial charge on any atom is -0.530 e. The van der Waals surface area contributed by atoms with Gasteiger partial charge in [0.25, 0.3) is 5.91 Å². The number of hydrogen-bond donors (Lipinski definition) is 2. The zero-order valence-electron chi connectivity index (χ0n) is 25.0. The molecule has 0 aliphatic heterocycles. The van der Waals surface area contributed by atoms with Gasteiger partial charge in [0, 0.05) is 44.0 Å². The molecule has 0 saturated heterocycles. The number of carbonyl (C=O) groups excluding carboxylic acids is 3. The summed E-state index contributed by atoms with van der Waals surface area (Å²) in [6, 6.07) is 17.8. The molecule has 3 amide bonds. The zero-order chi connectivity index (χ0) is 31.5. The molecule has 2 aromatic heterocycles. The van der Waals surface area contributed by atoms with Crippen LogP contribution in [0, 0.1) is 0 Å². The molecule has 0 fully saturated rings. The molecule has 0 bridgehead atoms. The van der Waals surface area contributed by atoms with Crippen LogP contribution in [0.4, 0.5) is 22.0 Å². The summed E-state index contributed by atoms with van der Waals surface area (Å²) in [6.45, 7) is 2.99. The van der Waals surface area contributed by atoms with Gasteiger partial charge in [-0.25, -0.2) is 15.0 Å². The second-order valence-corrected chi connectivity index (χ2v) is 10.3. The highest BCUT2D eigenvalue weighted by atomic mass is 16.4. The van der Waals surface area contributed by atoms with Crippen molar-refractivity contribution in [1.29, 1.82) is 0 Å². The molecule has 3 N–H and O–H groups in total. The molecule has 0 saturated carbocycles. The van der Waals surface area contributed by atoms with E-state index in [9.17, 15) is 19.5 Å². The fraction of sp³-hybridized carbons (Fsp3) is 0.312. The summed E-state index contributed by atoms with van der Waals surface area (Å²) < 4.78 is 1.95. The number of benzene rings is 2. The van der Waals surface area contributed by atoms with Crippen LogP contribution in [0.5, 0.6) is 0 Å². The van der Waals surface area contributed by atoms with E-state index in [0.717, 1.165) is 47.6 Å². The first-order valence-electron chi connectivity index (χ1n) is 14.6. The van der Waals surface area contributed by atoms with Gasteiger partial charge in [-0.3, -0.25) is 14.5 Å². The van der Waals surface area contributed by atoms with E-state index in [-0.39, 0.29) is 18.9 Å². The molecule has 4 aromatic rings. The molecule has 0 spiro atoms. The number of carboxylic acid groups (broad SMARTS) is 1. The number of fused-ring (bicyclic) bond motifs is 1. The Hall–Kier alpha value is -5.26. The third-order valence-corrected chi connectivity index (χ3v) is 7.12. The smallest absolute Gasteiger partial charge is 0.259 e. The summed E-state index contributed by atoms with van der Waals surface area (Å²) in [6.07, 6.45) is 5.49. The quantitative estimate of drug-likeness (QED) is 0.119. The Bertz CT molecular complexity index is 1600. The molecule has 44 heavy (non-hydrogen) atoms. The van der Waals surface area contributed by atoms with Crippen LogP contribution in [-0.4, -0.2) is 56.8 Å². The summed E-state index contributed by atoms with van der Waals surface area (Å²) >= 11 is 0. The van der Waals surface area contributed by atoms with Crippen LogP contribution < -0.4 is 21.1 Å². The maximum absolute atomic E-state index is 13.5. The Morgan fingerprint density at radius 2 is 1.84 bits per heavy atom. The normalized spacial score (nSPS) is 11.1. The van der Waals surface area contributed by atoms with Crippen LogP contribution in [0.15, 0.2) is 71.9 Å². The number of nitrogens with two attached hydrogens (primary N) is 1. The highest BCUT2D eigenvalue weighted by molar-refractivity contribution is 6.07. The number of amides is 3. The summed E-state index contributed by atoms with van der Waals surface area (Å²) in [5.41, 5.74) is 8.72. The molecule has 0 atom stereocenters. The van der Waals surface area contributed by atoms with Gasteiger partial charge in [0.15, 0.2) is 0 Å². The van der Waals surface area contributed by atoms with Crippen molar-refractivity contribution in [3.8, 4) is 0 Å². The van der Waals surface area contributed by atoms with Crippen LogP contribution in [0.25, 0.3) is 11.0 Å². The molecule has 12 heteroatoms. The van der Waals surface area contributed by atoms with Crippen LogP contribution in [0.2, 0.25) is 0 Å². The summed E-state index contributed by atoms with van der Waals surface area (Å²) in [4.78, 5) is 52.1. The van der Waals surface area contributed by atoms with Crippen molar-refractivity contribution >= 4 is 52.5 Å². The number of anilines is 2. The van der Waals surface area contributed by atoms with Crippen LogP contribution >= 0.6 is 0 Å². The molecule has 4 rings (SSSR count). The number of aryl methyl sites for hydroxylation is 1. The average Bonchev–Trinajstić information content (AvgIpc) is 3.34. The largest absolute Gasteiger partial charge is 0.530 e. The Morgan fingerprint density at radius 3 is 2.52 bits per heavy atom. The SMILES string of the molecule is CCCCCCN(C=Nc1ccc(NCc2nc3cc(C(=O)N(CCC(N)=O)c4ccccn4)ccc3n2C)cc1)C(=O)[O-]. The van der Waals surface area contributed by atoms with Crippen molar-refractivity contribution in [2.24, 2.45) is 17.8 Å². The number of rotatable bonds is 15. The number of unbranched alkanes of at least 4 members (excludes halogenated alkanes) is 3. The number of aromatic nitrogens is 3. The number of imidazole rings is 1. The Balaban J connectivity index is 1.42. The lowest BCUT2D eigenvalue weighted by Gasteiger charge is -2.21. The topological polar surface area (TPSA) is 162 Å². The van der Waals surface area contributed by atoms with Gasteiger partial charge in [0.2, 0.25) is 5.91 Å². The number of aliphatic imine (C=N–C) groups is 1. The minimum atomic E-state index is -1.27. The summed E-state index contributed by atoms with van der Waals surface area (Å²) in [5, 5.41) is 14.7. The van der Waals surface area contributed by atoms with Crippen LogP contribution in [0.3, 0.4) is 0 Å². The second kappa shape index (κ2) is 15.3. The monoisotopic (exact) mass is 597 g/mol. The van der Waals surface area contributed by atoms with E-state index in [1.807, 2.05) is 29.8 Å². The van der Waals surface area contributed by atoms with Gasteiger partial charge in [-0.05, 0) is 61.0 Å². The Morgan fingerprint density at radius 1 is 1.05 bits per heavy atom. The Labute approximate surface area is 256 Å². The van der Waals surface area contributed by atoms with E-state index < -0.39 is 12.0 Å². The predicted octanol–water partition coefficient (Wildman–Crippen LogP) is 3.99. The predicted molar refractivity (Wildman–Crippen MR) is 169 cm³/mol. The third-order valence-electron chi connectivity index (χ3n) is 7.12. The summed E-state index contributed by atoms with van der Waals surface area (Å²) in [7, 11) is 1.91.